The van der Waals surface area contributed by atoms with Crippen molar-refractivity contribution in [3.63, 3.8) is 0 Å². The molecular weight excluding hydrogens is 168 g/mol. The van der Waals surface area contributed by atoms with Gasteiger partial charge in [0.15, 0.2) is 8.32 Å². The third-order valence-electron chi connectivity index (χ3n) is 1.06. The Morgan fingerprint density at radius 1 is 1.17 bits per heavy atom. The highest BCUT2D eigenvalue weighted by Crippen LogP contribution is 2.01. The van der Waals surface area contributed by atoms with Crippen LogP contribution in [0.25, 0.3) is 0 Å². The van der Waals surface area contributed by atoms with Crippen molar-refractivity contribution in [2.24, 2.45) is 0 Å². The zero-order valence-electron chi connectivity index (χ0n) is 8.81. The highest BCUT2D eigenvalue weighted by molar-refractivity contribution is 6.69. The molecule has 0 saturated carbocycles. The topological polar surface area (TPSA) is 18.5 Å². The number of ether oxygens (including phenoxy) is 1. The average molecular weight is 188 g/mol. The van der Waals surface area contributed by atoms with Crippen LogP contribution in [0.5, 0.6) is 0 Å². The fraction of sp³-hybridized carbons (Fsp3) is 0.778. The summed E-state index contributed by atoms with van der Waals surface area (Å²) < 4.78 is 10.8. The van der Waals surface area contributed by atoms with Gasteiger partial charge in [-0.2, -0.15) is 0 Å². The summed E-state index contributed by atoms with van der Waals surface area (Å²) in [5.41, 5.74) is 1.18. The van der Waals surface area contributed by atoms with Gasteiger partial charge in [0, 0.05) is 0 Å². The maximum Gasteiger partial charge on any atom is 0.183 e. The van der Waals surface area contributed by atoms with Crippen molar-refractivity contribution in [2.45, 2.75) is 33.5 Å². The van der Waals surface area contributed by atoms with Gasteiger partial charge in [-0.05, 0) is 39.1 Å². The summed E-state index contributed by atoms with van der Waals surface area (Å²) in [6.07, 6.45) is 1.77. The fourth-order valence-electron chi connectivity index (χ4n) is 0.622. The highest BCUT2D eigenvalue weighted by atomic mass is 28.4. The molecule has 0 aliphatic heterocycles. The van der Waals surface area contributed by atoms with Crippen LogP contribution in [0.1, 0.15) is 13.8 Å². The van der Waals surface area contributed by atoms with Crippen LogP contribution in [0.4, 0.5) is 0 Å². The Labute approximate surface area is 76.7 Å². The Hall–Kier alpha value is -0.283. The molecule has 0 aromatic carbocycles. The minimum absolute atomic E-state index is 0.662. The molecule has 0 amide bonds. The van der Waals surface area contributed by atoms with Gasteiger partial charge in [0.1, 0.15) is 6.61 Å². The number of allylic oxidation sites excluding steroid dienone is 1. The molecule has 3 heteroatoms. The van der Waals surface area contributed by atoms with Gasteiger partial charge in [-0.3, -0.25) is 0 Å². The summed E-state index contributed by atoms with van der Waals surface area (Å²) in [6, 6.07) is 0. The first-order valence-corrected chi connectivity index (χ1v) is 7.71. The molecule has 0 saturated heterocycles. The Morgan fingerprint density at radius 3 is 2.17 bits per heavy atom. The zero-order valence-corrected chi connectivity index (χ0v) is 9.81. The van der Waals surface area contributed by atoms with E-state index in [2.05, 4.69) is 19.6 Å². The second-order valence-corrected chi connectivity index (χ2v) is 8.54. The van der Waals surface area contributed by atoms with E-state index in [-0.39, 0.29) is 0 Å². The van der Waals surface area contributed by atoms with E-state index in [4.69, 9.17) is 9.16 Å². The monoisotopic (exact) mass is 188 g/mol. The summed E-state index contributed by atoms with van der Waals surface area (Å²) in [5.74, 6) is 0. The lowest BCUT2D eigenvalue weighted by Crippen LogP contribution is -2.27. The lowest BCUT2D eigenvalue weighted by molar-refractivity contribution is 0.174. The van der Waals surface area contributed by atoms with Gasteiger partial charge in [0.05, 0.1) is 12.9 Å². The van der Waals surface area contributed by atoms with Gasteiger partial charge in [0.2, 0.25) is 0 Å². The van der Waals surface area contributed by atoms with E-state index in [0.29, 0.717) is 13.2 Å². The van der Waals surface area contributed by atoms with Gasteiger partial charge in [-0.15, -0.1) is 0 Å². The zero-order chi connectivity index (χ0) is 9.61. The lowest BCUT2D eigenvalue weighted by Gasteiger charge is -2.16. The molecule has 0 N–H and O–H groups in total. The molecule has 0 spiro atoms. The quantitative estimate of drug-likeness (QED) is 0.375. The number of rotatable bonds is 5. The van der Waals surface area contributed by atoms with Crippen molar-refractivity contribution in [2.75, 3.05) is 13.2 Å². The molecule has 0 rings (SSSR count). The number of hydrogen-bond acceptors (Lipinski definition) is 2. The summed E-state index contributed by atoms with van der Waals surface area (Å²) in [7, 11) is -1.34. The van der Waals surface area contributed by atoms with Crippen molar-refractivity contribution >= 4 is 8.32 Å². The van der Waals surface area contributed by atoms with Crippen LogP contribution >= 0.6 is 0 Å². The van der Waals surface area contributed by atoms with Crippen molar-refractivity contribution in [1.29, 1.82) is 0 Å². The molecular formula is C9H20O2Si. The minimum Gasteiger partial charge on any atom is -0.499 e. The summed E-state index contributed by atoms with van der Waals surface area (Å²) in [5, 5.41) is 0. The Kier molecular flexibility index (Phi) is 5.25. The molecule has 2 nitrogen and oxygen atoms in total. The molecule has 0 bridgehead atoms. The van der Waals surface area contributed by atoms with Gasteiger partial charge < -0.3 is 9.16 Å². The van der Waals surface area contributed by atoms with Crippen LogP contribution < -0.4 is 0 Å². The molecule has 0 unspecified atom stereocenters. The van der Waals surface area contributed by atoms with E-state index in [1.807, 2.05) is 13.8 Å². The maximum atomic E-state index is 5.60. The molecule has 0 fully saturated rings. The second kappa shape index (κ2) is 5.38. The summed E-state index contributed by atoms with van der Waals surface area (Å²) >= 11 is 0. The van der Waals surface area contributed by atoms with E-state index in [9.17, 15) is 0 Å². The van der Waals surface area contributed by atoms with E-state index in [0.717, 1.165) is 0 Å². The largest absolute Gasteiger partial charge is 0.499 e. The van der Waals surface area contributed by atoms with Crippen LogP contribution in [0.2, 0.25) is 19.6 Å². The van der Waals surface area contributed by atoms with Crippen LogP contribution in [-0.4, -0.2) is 21.5 Å². The van der Waals surface area contributed by atoms with Crippen molar-refractivity contribution in [1.82, 2.24) is 0 Å². The molecule has 0 aliphatic carbocycles. The molecule has 72 valence electrons. The first-order valence-electron chi connectivity index (χ1n) is 4.31. The smallest absolute Gasteiger partial charge is 0.183 e. The average Bonchev–Trinajstić information content (AvgIpc) is 1.83. The molecule has 0 aliphatic rings. The first kappa shape index (κ1) is 11.7. The summed E-state index contributed by atoms with van der Waals surface area (Å²) in [4.78, 5) is 0. The van der Waals surface area contributed by atoms with Gasteiger partial charge in [-0.1, -0.05) is 0 Å². The maximum absolute atomic E-state index is 5.60. The Morgan fingerprint density at radius 2 is 1.75 bits per heavy atom. The molecule has 0 radical (unpaired) electrons. The number of hydrogen-bond donors (Lipinski definition) is 0. The van der Waals surface area contributed by atoms with Crippen LogP contribution in [0.3, 0.4) is 0 Å². The third-order valence-corrected chi connectivity index (χ3v) is 2.13. The minimum atomic E-state index is -1.34. The lowest BCUT2D eigenvalue weighted by atomic mass is 10.4. The Balaban J connectivity index is 3.29. The van der Waals surface area contributed by atoms with Gasteiger partial charge in [-0.25, -0.2) is 0 Å². The third kappa shape index (κ3) is 9.72. The predicted molar refractivity (Wildman–Crippen MR) is 54.7 cm³/mol. The van der Waals surface area contributed by atoms with E-state index in [1.54, 1.807) is 6.26 Å². The molecule has 0 aromatic rings. The van der Waals surface area contributed by atoms with E-state index in [1.165, 1.54) is 5.57 Å². The predicted octanol–water partition coefficient (Wildman–Crippen LogP) is 2.78. The Bertz CT molecular complexity index is 143. The fourth-order valence-corrected chi connectivity index (χ4v) is 1.32. The first-order chi connectivity index (χ1) is 5.42. The normalized spacial score (nSPS) is 11.1. The van der Waals surface area contributed by atoms with Gasteiger partial charge in [0.25, 0.3) is 0 Å². The van der Waals surface area contributed by atoms with E-state index >= 15 is 0 Å². The SMILES string of the molecule is CC(C)=COCCO[Si](C)(C)C. The van der Waals surface area contributed by atoms with E-state index < -0.39 is 8.32 Å². The van der Waals surface area contributed by atoms with Crippen LogP contribution in [0, 0.1) is 0 Å². The van der Waals surface area contributed by atoms with Crippen LogP contribution in [0.15, 0.2) is 11.8 Å². The standard InChI is InChI=1S/C9H20O2Si/c1-9(2)8-10-6-7-11-12(3,4)5/h8H,6-7H2,1-5H3. The highest BCUT2D eigenvalue weighted by Gasteiger charge is 2.12. The van der Waals surface area contributed by atoms with Crippen molar-refractivity contribution < 1.29 is 9.16 Å². The second-order valence-electron chi connectivity index (χ2n) is 4.03. The van der Waals surface area contributed by atoms with Crippen LogP contribution in [-0.2, 0) is 9.16 Å². The van der Waals surface area contributed by atoms with Crippen molar-refractivity contribution in [3.05, 3.63) is 11.8 Å². The molecule has 12 heavy (non-hydrogen) atoms. The van der Waals surface area contributed by atoms with Crippen molar-refractivity contribution in [3.8, 4) is 0 Å². The van der Waals surface area contributed by atoms with Gasteiger partial charge >= 0.3 is 0 Å². The molecule has 0 aromatic heterocycles. The summed E-state index contributed by atoms with van der Waals surface area (Å²) in [6.45, 7) is 11.9. The molecule has 0 atom stereocenters. The molecule has 0 heterocycles.